The van der Waals surface area contributed by atoms with Gasteiger partial charge in [-0.3, -0.25) is 0 Å². The number of carbonyl (C=O) groups is 1. The van der Waals surface area contributed by atoms with E-state index in [1.165, 1.54) is 0 Å². The molecule has 6 heteroatoms. The Morgan fingerprint density at radius 1 is 1.27 bits per heavy atom. The highest BCUT2D eigenvalue weighted by molar-refractivity contribution is 5.85. The topological polar surface area (TPSA) is 87.3 Å². The number of ether oxygens (including phenoxy) is 1. The third-order valence-corrected chi connectivity index (χ3v) is 4.34. The second-order valence-corrected chi connectivity index (χ2v) is 6.00. The molecule has 3 aromatic rings. The first kappa shape index (κ1) is 17.4. The molecule has 2 aromatic carbocycles. The lowest BCUT2D eigenvalue weighted by Crippen LogP contribution is -2.35. The summed E-state index contributed by atoms with van der Waals surface area (Å²) in [5.74, 6) is -0.239. The zero-order valence-electron chi connectivity index (χ0n) is 14.3. The van der Waals surface area contributed by atoms with Gasteiger partial charge in [-0.25, -0.2) is 4.79 Å². The van der Waals surface area contributed by atoms with Crippen molar-refractivity contribution < 1.29 is 14.6 Å². The van der Waals surface area contributed by atoms with Gasteiger partial charge in [0.25, 0.3) is 0 Å². The Morgan fingerprint density at radius 3 is 2.65 bits per heavy atom. The molecule has 0 saturated heterocycles. The van der Waals surface area contributed by atoms with Crippen molar-refractivity contribution in [3.8, 4) is 11.9 Å². The lowest BCUT2D eigenvalue weighted by molar-refractivity contribution is -0.139. The van der Waals surface area contributed by atoms with E-state index in [1.54, 1.807) is 13.3 Å². The number of rotatable bonds is 7. The van der Waals surface area contributed by atoms with E-state index in [4.69, 9.17) is 10.00 Å². The molecule has 0 spiro atoms. The molecule has 0 saturated carbocycles. The highest BCUT2D eigenvalue weighted by Gasteiger charge is 2.20. The van der Waals surface area contributed by atoms with E-state index in [1.807, 2.05) is 54.7 Å². The van der Waals surface area contributed by atoms with Crippen LogP contribution in [0.4, 0.5) is 0 Å². The highest BCUT2D eigenvalue weighted by atomic mass is 16.5. The van der Waals surface area contributed by atoms with Crippen molar-refractivity contribution in [2.45, 2.75) is 19.0 Å². The molecule has 6 nitrogen and oxygen atoms in total. The summed E-state index contributed by atoms with van der Waals surface area (Å²) in [5, 5.41) is 21.4. The summed E-state index contributed by atoms with van der Waals surface area (Å²) in [4.78, 5) is 11.4. The number of hydrogen-bond acceptors (Lipinski definition) is 4. The number of para-hydroxylation sites is 1. The SMILES string of the molecule is COc1ccc(Cn2cc(C[C@H](NC#N)C(=O)O)c3ccccc32)cc1. The third kappa shape index (κ3) is 3.62. The van der Waals surface area contributed by atoms with Gasteiger partial charge in [-0.1, -0.05) is 30.3 Å². The minimum absolute atomic E-state index is 0.235. The van der Waals surface area contributed by atoms with Gasteiger partial charge in [0.15, 0.2) is 6.19 Å². The maximum Gasteiger partial charge on any atom is 0.327 e. The van der Waals surface area contributed by atoms with Gasteiger partial charge < -0.3 is 19.7 Å². The summed E-state index contributed by atoms with van der Waals surface area (Å²) in [5.41, 5.74) is 3.03. The van der Waals surface area contributed by atoms with Crippen molar-refractivity contribution in [2.75, 3.05) is 7.11 Å². The lowest BCUT2D eigenvalue weighted by atomic mass is 10.1. The van der Waals surface area contributed by atoms with Crippen LogP contribution in [0.1, 0.15) is 11.1 Å². The molecule has 26 heavy (non-hydrogen) atoms. The highest BCUT2D eigenvalue weighted by Crippen LogP contribution is 2.24. The molecule has 1 aromatic heterocycles. The van der Waals surface area contributed by atoms with Crippen LogP contribution in [0.5, 0.6) is 5.75 Å². The molecular formula is C20H19N3O3. The van der Waals surface area contributed by atoms with Crippen LogP contribution in [0.3, 0.4) is 0 Å². The molecule has 0 aliphatic carbocycles. The average Bonchev–Trinajstić information content (AvgIpc) is 2.99. The predicted octanol–water partition coefficient (Wildman–Crippen LogP) is 2.76. The van der Waals surface area contributed by atoms with E-state index in [9.17, 15) is 9.90 Å². The van der Waals surface area contributed by atoms with E-state index in [2.05, 4.69) is 9.88 Å². The van der Waals surface area contributed by atoms with Gasteiger partial charge in [-0.2, -0.15) is 5.26 Å². The molecule has 0 radical (unpaired) electrons. The Balaban J connectivity index is 1.93. The first-order chi connectivity index (χ1) is 12.6. The van der Waals surface area contributed by atoms with Gasteiger partial charge in [0, 0.05) is 30.1 Å². The second kappa shape index (κ2) is 7.62. The van der Waals surface area contributed by atoms with Crippen LogP contribution in [-0.4, -0.2) is 28.8 Å². The number of carboxylic acids is 1. The largest absolute Gasteiger partial charge is 0.497 e. The number of fused-ring (bicyclic) bond motifs is 1. The maximum absolute atomic E-state index is 11.4. The van der Waals surface area contributed by atoms with Crippen LogP contribution in [-0.2, 0) is 17.8 Å². The fourth-order valence-corrected chi connectivity index (χ4v) is 3.04. The van der Waals surface area contributed by atoms with Crippen LogP contribution >= 0.6 is 0 Å². The van der Waals surface area contributed by atoms with E-state index in [-0.39, 0.29) is 6.42 Å². The average molecular weight is 349 g/mol. The van der Waals surface area contributed by atoms with Gasteiger partial charge >= 0.3 is 5.97 Å². The summed E-state index contributed by atoms with van der Waals surface area (Å²) in [6.07, 6.45) is 3.92. The summed E-state index contributed by atoms with van der Waals surface area (Å²) in [6.45, 7) is 0.661. The molecule has 2 N–H and O–H groups in total. The number of aliphatic carboxylic acids is 1. The van der Waals surface area contributed by atoms with Crippen LogP contribution in [0.25, 0.3) is 10.9 Å². The molecule has 1 heterocycles. The lowest BCUT2D eigenvalue weighted by Gasteiger charge is -2.09. The van der Waals surface area contributed by atoms with Crippen molar-refractivity contribution in [3.63, 3.8) is 0 Å². The molecule has 3 rings (SSSR count). The van der Waals surface area contributed by atoms with Crippen molar-refractivity contribution in [3.05, 3.63) is 65.9 Å². The van der Waals surface area contributed by atoms with Crippen LogP contribution in [0.2, 0.25) is 0 Å². The number of aromatic nitrogens is 1. The summed E-state index contributed by atoms with van der Waals surface area (Å²) < 4.78 is 7.28. The van der Waals surface area contributed by atoms with Gasteiger partial charge in [-0.05, 0) is 29.3 Å². The van der Waals surface area contributed by atoms with Crippen LogP contribution in [0.15, 0.2) is 54.7 Å². The molecule has 0 bridgehead atoms. The summed E-state index contributed by atoms with van der Waals surface area (Å²) in [7, 11) is 1.63. The van der Waals surface area contributed by atoms with Crippen LogP contribution < -0.4 is 10.1 Å². The van der Waals surface area contributed by atoms with Crippen molar-refractivity contribution in [2.24, 2.45) is 0 Å². The van der Waals surface area contributed by atoms with Crippen molar-refractivity contribution in [1.82, 2.24) is 9.88 Å². The number of nitrogens with zero attached hydrogens (tertiary/aromatic N) is 2. The number of methoxy groups -OCH3 is 1. The van der Waals surface area contributed by atoms with E-state index < -0.39 is 12.0 Å². The molecule has 0 unspecified atom stereocenters. The van der Waals surface area contributed by atoms with Crippen LogP contribution in [0, 0.1) is 11.5 Å². The molecule has 0 aliphatic rings. The molecule has 0 amide bonds. The number of benzene rings is 2. The molecular weight excluding hydrogens is 330 g/mol. The van der Waals surface area contributed by atoms with Gasteiger partial charge in [0.05, 0.1) is 7.11 Å². The smallest absolute Gasteiger partial charge is 0.327 e. The van der Waals surface area contributed by atoms with E-state index in [0.717, 1.165) is 27.8 Å². The Kier molecular flexibility index (Phi) is 5.09. The van der Waals surface area contributed by atoms with Crippen molar-refractivity contribution >= 4 is 16.9 Å². The molecule has 0 aliphatic heterocycles. The Labute approximate surface area is 151 Å². The Bertz CT molecular complexity index is 955. The summed E-state index contributed by atoms with van der Waals surface area (Å²) >= 11 is 0. The van der Waals surface area contributed by atoms with Gasteiger partial charge in [0.2, 0.25) is 0 Å². The fourth-order valence-electron chi connectivity index (χ4n) is 3.04. The quantitative estimate of drug-likeness (QED) is 0.506. The first-order valence-electron chi connectivity index (χ1n) is 8.19. The standard InChI is InChI=1S/C20H19N3O3/c1-26-16-8-6-14(7-9-16)11-23-12-15(10-18(20(24)25)22-13-21)17-4-2-3-5-19(17)23/h2-9,12,18,22H,10-11H2,1H3,(H,24,25)/t18-/m0/s1. The monoisotopic (exact) mass is 349 g/mol. The second-order valence-electron chi connectivity index (χ2n) is 6.00. The maximum atomic E-state index is 11.4. The Morgan fingerprint density at radius 2 is 2.00 bits per heavy atom. The predicted molar refractivity (Wildman–Crippen MR) is 97.9 cm³/mol. The molecule has 0 fully saturated rings. The zero-order valence-corrected chi connectivity index (χ0v) is 14.3. The van der Waals surface area contributed by atoms with Crippen molar-refractivity contribution in [1.29, 1.82) is 5.26 Å². The molecule has 132 valence electrons. The zero-order chi connectivity index (χ0) is 18.5. The number of nitriles is 1. The number of nitrogens with one attached hydrogen (secondary N) is 1. The van der Waals surface area contributed by atoms with Gasteiger partial charge in [-0.15, -0.1) is 0 Å². The minimum Gasteiger partial charge on any atom is -0.497 e. The third-order valence-electron chi connectivity index (χ3n) is 4.34. The summed E-state index contributed by atoms with van der Waals surface area (Å²) in [6, 6.07) is 14.8. The molecule has 1 atom stereocenters. The fraction of sp³-hybridized carbons (Fsp3) is 0.200. The normalized spacial score (nSPS) is 11.7. The minimum atomic E-state index is -1.04. The first-order valence-corrected chi connectivity index (χ1v) is 8.19. The Hall–Kier alpha value is -3.46. The van der Waals surface area contributed by atoms with Gasteiger partial charge in [0.1, 0.15) is 11.8 Å². The van der Waals surface area contributed by atoms with E-state index in [0.29, 0.717) is 6.54 Å². The number of carboxylic acid groups (broad SMARTS) is 1. The number of hydrogen-bond donors (Lipinski definition) is 2. The van der Waals surface area contributed by atoms with E-state index >= 15 is 0 Å².